The number of hydrogen-bond donors (Lipinski definition) is 1. The molecule has 0 spiro atoms. The van der Waals surface area contributed by atoms with Crippen LogP contribution in [-0.4, -0.2) is 44.2 Å². The lowest BCUT2D eigenvalue weighted by Crippen LogP contribution is -2.46. The zero-order valence-corrected chi connectivity index (χ0v) is 14.5. The lowest BCUT2D eigenvalue weighted by atomic mass is 9.87. The first-order valence-electron chi connectivity index (χ1n) is 7.18. The molecule has 1 atom stereocenters. The Morgan fingerprint density at radius 3 is 2.16 bits per heavy atom. The van der Waals surface area contributed by atoms with Gasteiger partial charge in [-0.15, -0.1) is 0 Å². The molecule has 5 heteroatoms. The zero-order valence-electron chi connectivity index (χ0n) is 13.7. The van der Waals surface area contributed by atoms with Crippen LogP contribution in [0, 0.1) is 5.92 Å². The predicted octanol–water partition coefficient (Wildman–Crippen LogP) is 2.46. The van der Waals surface area contributed by atoms with Crippen LogP contribution < -0.4 is 5.32 Å². The summed E-state index contributed by atoms with van der Waals surface area (Å²) in [6.45, 7) is 11.4. The Hall–Kier alpha value is -0.130. The Labute approximate surface area is 120 Å². The quantitative estimate of drug-likeness (QED) is 0.710. The summed E-state index contributed by atoms with van der Waals surface area (Å²) in [7, 11) is -1.46. The number of nitrogens with zero attached hydrogens (tertiary/aromatic N) is 1. The molecule has 1 unspecified atom stereocenters. The average molecular weight is 292 g/mol. The Morgan fingerprint density at radius 2 is 1.79 bits per heavy atom. The Balaban J connectivity index is 4.72. The average Bonchev–Trinajstić information content (AvgIpc) is 2.23. The molecular formula is C14H32N2O2S. The Morgan fingerprint density at radius 1 is 1.26 bits per heavy atom. The first kappa shape index (κ1) is 18.9. The van der Waals surface area contributed by atoms with E-state index in [2.05, 4.69) is 26.1 Å². The maximum absolute atomic E-state index is 11.7. The molecule has 1 N–H and O–H groups in total. The van der Waals surface area contributed by atoms with E-state index in [-0.39, 0.29) is 5.54 Å². The van der Waals surface area contributed by atoms with Gasteiger partial charge >= 0.3 is 0 Å². The van der Waals surface area contributed by atoms with Gasteiger partial charge in [-0.1, -0.05) is 27.2 Å². The standard InChI is InChI=1S/C14H32N2O2S/c1-8-9-13(11-15-12(2)3)10-14(4,5)16(6)19(7,17)18/h12-13,15H,8-11H2,1-7H3. The predicted molar refractivity (Wildman–Crippen MR) is 82.8 cm³/mol. The maximum Gasteiger partial charge on any atom is 0.211 e. The van der Waals surface area contributed by atoms with Gasteiger partial charge in [0.05, 0.1) is 6.26 Å². The molecule has 0 heterocycles. The van der Waals surface area contributed by atoms with Gasteiger partial charge in [0.15, 0.2) is 0 Å². The van der Waals surface area contributed by atoms with Crippen LogP contribution >= 0.6 is 0 Å². The van der Waals surface area contributed by atoms with Gasteiger partial charge in [0.25, 0.3) is 0 Å². The van der Waals surface area contributed by atoms with Crippen molar-refractivity contribution in [3.8, 4) is 0 Å². The third-order valence-corrected chi connectivity index (χ3v) is 5.14. The monoisotopic (exact) mass is 292 g/mol. The third kappa shape index (κ3) is 7.28. The second-order valence-corrected chi connectivity index (χ2v) is 8.48. The van der Waals surface area contributed by atoms with E-state index in [4.69, 9.17) is 0 Å². The molecular weight excluding hydrogens is 260 g/mol. The van der Waals surface area contributed by atoms with E-state index in [1.165, 1.54) is 10.6 Å². The highest BCUT2D eigenvalue weighted by Crippen LogP contribution is 2.26. The Kier molecular flexibility index (Phi) is 7.55. The van der Waals surface area contributed by atoms with Gasteiger partial charge in [-0.3, -0.25) is 0 Å². The topological polar surface area (TPSA) is 49.4 Å². The highest BCUT2D eigenvalue weighted by molar-refractivity contribution is 7.88. The fraction of sp³-hybridized carbons (Fsp3) is 1.00. The third-order valence-electron chi connectivity index (χ3n) is 3.65. The van der Waals surface area contributed by atoms with Crippen LogP contribution in [0.25, 0.3) is 0 Å². The van der Waals surface area contributed by atoms with E-state index in [0.717, 1.165) is 25.8 Å². The molecule has 0 rings (SSSR count). The van der Waals surface area contributed by atoms with Crippen molar-refractivity contribution in [3.05, 3.63) is 0 Å². The van der Waals surface area contributed by atoms with Gasteiger partial charge in [0.2, 0.25) is 10.0 Å². The second-order valence-electron chi connectivity index (χ2n) is 6.46. The van der Waals surface area contributed by atoms with Crippen molar-refractivity contribution < 1.29 is 8.42 Å². The fourth-order valence-electron chi connectivity index (χ4n) is 2.37. The van der Waals surface area contributed by atoms with Crippen molar-refractivity contribution in [2.24, 2.45) is 5.92 Å². The fourth-order valence-corrected chi connectivity index (χ4v) is 3.34. The minimum Gasteiger partial charge on any atom is -0.314 e. The molecule has 0 fully saturated rings. The molecule has 0 aliphatic rings. The van der Waals surface area contributed by atoms with E-state index >= 15 is 0 Å². The molecule has 0 aromatic rings. The highest BCUT2D eigenvalue weighted by atomic mass is 32.2. The number of sulfonamides is 1. The number of hydrogen-bond acceptors (Lipinski definition) is 3. The molecule has 19 heavy (non-hydrogen) atoms. The molecule has 0 bridgehead atoms. The molecule has 0 aromatic heterocycles. The number of nitrogens with one attached hydrogen (secondary N) is 1. The smallest absolute Gasteiger partial charge is 0.211 e. The Bertz CT molecular complexity index is 350. The van der Waals surface area contributed by atoms with Gasteiger partial charge in [-0.05, 0) is 39.2 Å². The van der Waals surface area contributed by atoms with E-state index in [1.54, 1.807) is 7.05 Å². The molecule has 0 aliphatic heterocycles. The van der Waals surface area contributed by atoms with Crippen LogP contribution in [0.3, 0.4) is 0 Å². The first-order valence-corrected chi connectivity index (χ1v) is 9.03. The van der Waals surface area contributed by atoms with Crippen LogP contribution in [0.1, 0.15) is 53.9 Å². The number of rotatable bonds is 9. The van der Waals surface area contributed by atoms with Crippen molar-refractivity contribution in [2.75, 3.05) is 19.8 Å². The summed E-state index contributed by atoms with van der Waals surface area (Å²) >= 11 is 0. The van der Waals surface area contributed by atoms with E-state index in [9.17, 15) is 8.42 Å². The van der Waals surface area contributed by atoms with Crippen molar-refractivity contribution in [1.29, 1.82) is 0 Å². The normalized spacial score (nSPS) is 15.2. The largest absolute Gasteiger partial charge is 0.314 e. The second kappa shape index (κ2) is 7.60. The van der Waals surface area contributed by atoms with Gasteiger partial charge in [-0.25, -0.2) is 8.42 Å². The molecule has 4 nitrogen and oxygen atoms in total. The summed E-state index contributed by atoms with van der Waals surface area (Å²) in [6, 6.07) is 0.468. The summed E-state index contributed by atoms with van der Waals surface area (Å²) in [6.07, 6.45) is 4.41. The van der Waals surface area contributed by atoms with E-state index < -0.39 is 10.0 Å². The minimum absolute atomic E-state index is 0.341. The zero-order chi connectivity index (χ0) is 15.3. The molecule has 0 aromatic carbocycles. The van der Waals surface area contributed by atoms with Crippen LogP contribution in [0.5, 0.6) is 0 Å². The first-order chi connectivity index (χ1) is 8.50. The maximum atomic E-state index is 11.7. The van der Waals surface area contributed by atoms with Crippen LogP contribution in [0.4, 0.5) is 0 Å². The highest BCUT2D eigenvalue weighted by Gasteiger charge is 2.32. The molecule has 0 amide bonds. The van der Waals surface area contributed by atoms with Gasteiger partial charge in [0.1, 0.15) is 0 Å². The van der Waals surface area contributed by atoms with Gasteiger partial charge < -0.3 is 5.32 Å². The molecule has 0 aliphatic carbocycles. The summed E-state index contributed by atoms with van der Waals surface area (Å²) in [5.74, 6) is 0.506. The summed E-state index contributed by atoms with van der Waals surface area (Å²) < 4.78 is 24.9. The molecule has 116 valence electrons. The van der Waals surface area contributed by atoms with Crippen molar-refractivity contribution in [3.63, 3.8) is 0 Å². The van der Waals surface area contributed by atoms with Crippen LogP contribution in [0.2, 0.25) is 0 Å². The van der Waals surface area contributed by atoms with E-state index in [1.807, 2.05) is 13.8 Å². The molecule has 0 saturated heterocycles. The van der Waals surface area contributed by atoms with Crippen LogP contribution in [-0.2, 0) is 10.0 Å². The van der Waals surface area contributed by atoms with Crippen molar-refractivity contribution >= 4 is 10.0 Å². The van der Waals surface area contributed by atoms with Gasteiger partial charge in [0, 0.05) is 18.6 Å². The summed E-state index contributed by atoms with van der Waals surface area (Å²) in [5, 5.41) is 3.46. The van der Waals surface area contributed by atoms with Crippen molar-refractivity contribution in [2.45, 2.75) is 65.5 Å². The lowest BCUT2D eigenvalue weighted by Gasteiger charge is -2.37. The summed E-state index contributed by atoms with van der Waals surface area (Å²) in [5.41, 5.74) is -0.341. The lowest BCUT2D eigenvalue weighted by molar-refractivity contribution is 0.202. The van der Waals surface area contributed by atoms with Crippen LogP contribution in [0.15, 0.2) is 0 Å². The summed E-state index contributed by atoms with van der Waals surface area (Å²) in [4.78, 5) is 0. The van der Waals surface area contributed by atoms with Gasteiger partial charge in [-0.2, -0.15) is 4.31 Å². The van der Waals surface area contributed by atoms with E-state index in [0.29, 0.717) is 12.0 Å². The van der Waals surface area contributed by atoms with Crippen molar-refractivity contribution in [1.82, 2.24) is 9.62 Å². The minimum atomic E-state index is -3.14. The SMILES string of the molecule is CCCC(CNC(C)C)CC(C)(C)N(C)S(C)(=O)=O. The molecule has 0 saturated carbocycles. The molecule has 0 radical (unpaired) electrons.